The van der Waals surface area contributed by atoms with Gasteiger partial charge in [-0.25, -0.2) is 0 Å². The molecule has 0 aromatic heterocycles. The molecule has 0 aliphatic heterocycles. The zero-order chi connectivity index (χ0) is 37.6. The van der Waals surface area contributed by atoms with E-state index < -0.39 is 0 Å². The Labute approximate surface area is 319 Å². The van der Waals surface area contributed by atoms with Crippen LogP contribution >= 0.6 is 36.5 Å². The van der Waals surface area contributed by atoms with Crippen LogP contribution in [0.25, 0.3) is 11.1 Å². The van der Waals surface area contributed by atoms with Crippen molar-refractivity contribution in [1.82, 2.24) is 0 Å². The summed E-state index contributed by atoms with van der Waals surface area (Å²) in [7, 11) is 5.03. The number of aryl methyl sites for hydroxylation is 8. The third kappa shape index (κ3) is 12.2. The van der Waals surface area contributed by atoms with Gasteiger partial charge in [0.25, 0.3) is 18.1 Å². The van der Waals surface area contributed by atoms with Crippen LogP contribution < -0.4 is 28.7 Å². The van der Waals surface area contributed by atoms with Gasteiger partial charge in [-0.1, -0.05) is 97.1 Å². The third-order valence-corrected chi connectivity index (χ3v) is 10.8. The first-order valence-corrected chi connectivity index (χ1v) is 19.9. The summed E-state index contributed by atoms with van der Waals surface area (Å²) in [5.74, 6) is 3.25. The number of hydrogen-bond acceptors (Lipinski definition) is 4. The van der Waals surface area contributed by atoms with Crippen molar-refractivity contribution in [2.24, 2.45) is 0 Å². The average molecular weight is 767 g/mol. The van der Waals surface area contributed by atoms with Gasteiger partial charge in [0, 0.05) is 11.1 Å². The van der Waals surface area contributed by atoms with Crippen molar-refractivity contribution in [2.45, 2.75) is 55.4 Å². The highest BCUT2D eigenvalue weighted by Crippen LogP contribution is 2.45. The third-order valence-electron chi connectivity index (χ3n) is 8.28. The zero-order valence-electron chi connectivity index (χ0n) is 31.3. The quantitative estimate of drug-likeness (QED) is 0.137. The Balaban J connectivity index is 0.000000308. The summed E-state index contributed by atoms with van der Waals surface area (Å²) in [5.41, 5.74) is 11.2. The van der Waals surface area contributed by atoms with Crippen molar-refractivity contribution < 1.29 is 18.1 Å². The smallest absolute Gasteiger partial charge is 0.275 e. The Hall–Kier alpha value is -3.76. The van der Waals surface area contributed by atoms with Crippen LogP contribution in [-0.4, -0.2) is 0 Å². The van der Waals surface area contributed by atoms with Crippen molar-refractivity contribution in [3.05, 3.63) is 166 Å². The van der Waals surface area contributed by atoms with E-state index in [9.17, 15) is 0 Å². The molecule has 0 aliphatic carbocycles. The lowest BCUT2D eigenvalue weighted by Gasteiger charge is -2.20. The average Bonchev–Trinajstić information content (AvgIpc) is 3.11. The molecule has 0 amide bonds. The lowest BCUT2D eigenvalue weighted by Crippen LogP contribution is -1.97. The molecule has 0 radical (unpaired) electrons. The fourth-order valence-electron chi connectivity index (χ4n) is 5.31. The SMILES string of the molecule is Cc1cc(C)c(OPOc2ccccc2C)c(-c2cc(C)cc(C)c2OPOc2ccccc2C)c1.Cc1ccccc1P.Cc1ccccc1P. The van der Waals surface area contributed by atoms with Crippen LogP contribution in [0, 0.1) is 55.4 Å². The van der Waals surface area contributed by atoms with Crippen LogP contribution in [0.15, 0.2) is 121 Å². The Morgan fingerprint density at radius 1 is 0.365 bits per heavy atom. The van der Waals surface area contributed by atoms with E-state index in [1.54, 1.807) is 0 Å². The summed E-state index contributed by atoms with van der Waals surface area (Å²) < 4.78 is 24.5. The van der Waals surface area contributed by atoms with Gasteiger partial charge in [0.15, 0.2) is 0 Å². The van der Waals surface area contributed by atoms with E-state index in [1.807, 2.05) is 86.6 Å². The van der Waals surface area contributed by atoms with E-state index >= 15 is 0 Å². The second kappa shape index (κ2) is 20.5. The monoisotopic (exact) mass is 766 g/mol. The maximum atomic E-state index is 6.28. The Morgan fingerprint density at radius 3 is 1.00 bits per heavy atom. The van der Waals surface area contributed by atoms with Crippen LogP contribution in [0.4, 0.5) is 0 Å². The summed E-state index contributed by atoms with van der Waals surface area (Å²) in [6.45, 7) is 16.6. The minimum Gasteiger partial charge on any atom is -0.440 e. The molecule has 0 saturated heterocycles. The molecule has 4 nitrogen and oxygen atoms in total. The first-order chi connectivity index (χ1) is 24.9. The number of para-hydroxylation sites is 2. The molecule has 0 fully saturated rings. The fraction of sp³-hybridized carbons (Fsp3) is 0.182. The van der Waals surface area contributed by atoms with Gasteiger partial charge >= 0.3 is 0 Å². The molecule has 0 bridgehead atoms. The van der Waals surface area contributed by atoms with Crippen LogP contribution in [0.2, 0.25) is 0 Å². The molecule has 6 rings (SSSR count). The predicted octanol–water partition coefficient (Wildman–Crippen LogP) is 12.1. The highest BCUT2D eigenvalue weighted by Gasteiger charge is 2.19. The summed E-state index contributed by atoms with van der Waals surface area (Å²) in [4.78, 5) is 0. The molecular weight excluding hydrogens is 716 g/mol. The molecule has 4 unspecified atom stereocenters. The lowest BCUT2D eigenvalue weighted by molar-refractivity contribution is 0.507. The number of rotatable bonds is 9. The fourth-order valence-corrected chi connectivity index (χ4v) is 7.15. The largest absolute Gasteiger partial charge is 0.440 e. The topological polar surface area (TPSA) is 36.9 Å². The highest BCUT2D eigenvalue weighted by molar-refractivity contribution is 7.28. The molecule has 4 atom stereocenters. The maximum absolute atomic E-state index is 6.28. The zero-order valence-corrected chi connectivity index (χ0v) is 35.6. The van der Waals surface area contributed by atoms with E-state index in [1.165, 1.54) is 21.7 Å². The van der Waals surface area contributed by atoms with Crippen molar-refractivity contribution in [2.75, 3.05) is 0 Å². The van der Waals surface area contributed by atoms with E-state index in [-0.39, 0.29) is 18.1 Å². The van der Waals surface area contributed by atoms with E-state index in [0.717, 1.165) is 67.5 Å². The Morgan fingerprint density at radius 2 is 0.692 bits per heavy atom. The van der Waals surface area contributed by atoms with Crippen molar-refractivity contribution in [3.63, 3.8) is 0 Å². The summed E-state index contributed by atoms with van der Waals surface area (Å²) in [6.07, 6.45) is 0. The molecular formula is C44H50O4P4. The molecule has 0 spiro atoms. The maximum Gasteiger partial charge on any atom is 0.275 e. The number of benzene rings is 6. The number of hydrogen-bond donors (Lipinski definition) is 0. The molecule has 270 valence electrons. The van der Waals surface area contributed by atoms with Crippen molar-refractivity contribution >= 4 is 47.2 Å². The standard InChI is InChI=1S/C30H32O4P2.2C7H9P/c1-19-15-23(5)29(33-35-31-27-13-9-7-11-21(27)3)25(17-19)26-18-20(2)16-24(6)30(26)34-36-32-28-14-10-8-12-22(28)4;2*1-6-4-2-3-5-7(6)8/h7-18,35-36H,1-6H3;2*2-5H,8H2,1H3. The molecule has 0 heterocycles. The first-order valence-electron chi connectivity index (χ1n) is 17.1. The lowest BCUT2D eigenvalue weighted by atomic mass is 9.95. The molecule has 0 N–H and O–H groups in total. The highest BCUT2D eigenvalue weighted by atomic mass is 31.1. The first kappa shape index (κ1) is 41.0. The second-order valence-corrected chi connectivity index (χ2v) is 15.1. The summed E-state index contributed by atoms with van der Waals surface area (Å²) in [5, 5.41) is 2.57. The van der Waals surface area contributed by atoms with Gasteiger partial charge < -0.3 is 18.1 Å². The molecule has 52 heavy (non-hydrogen) atoms. The molecule has 0 aliphatic rings. The van der Waals surface area contributed by atoms with Gasteiger partial charge in [0.2, 0.25) is 0 Å². The van der Waals surface area contributed by atoms with Crippen LogP contribution in [0.5, 0.6) is 23.0 Å². The molecule has 0 saturated carbocycles. The van der Waals surface area contributed by atoms with Gasteiger partial charge in [-0.3, -0.25) is 0 Å². The predicted molar refractivity (Wildman–Crippen MR) is 233 cm³/mol. The Bertz CT molecular complexity index is 1890. The van der Waals surface area contributed by atoms with Gasteiger partial charge in [-0.05, 0) is 135 Å². The summed E-state index contributed by atoms with van der Waals surface area (Å²) in [6, 6.07) is 41.0. The van der Waals surface area contributed by atoms with E-state index in [4.69, 9.17) is 18.1 Å². The Kier molecular flexibility index (Phi) is 16.1. The minimum atomic E-state index is -0.174. The molecule has 8 heteroatoms. The van der Waals surface area contributed by atoms with E-state index in [2.05, 4.69) is 109 Å². The van der Waals surface area contributed by atoms with Crippen LogP contribution in [0.3, 0.4) is 0 Å². The van der Waals surface area contributed by atoms with Gasteiger partial charge in [0.1, 0.15) is 23.0 Å². The van der Waals surface area contributed by atoms with Crippen molar-refractivity contribution in [3.8, 4) is 34.1 Å². The van der Waals surface area contributed by atoms with Crippen LogP contribution in [-0.2, 0) is 0 Å². The van der Waals surface area contributed by atoms with Gasteiger partial charge in [-0.15, -0.1) is 18.5 Å². The van der Waals surface area contributed by atoms with Crippen molar-refractivity contribution in [1.29, 1.82) is 0 Å². The minimum absolute atomic E-state index is 0.174. The van der Waals surface area contributed by atoms with E-state index in [0.29, 0.717) is 0 Å². The molecule has 6 aromatic rings. The molecule has 6 aromatic carbocycles. The summed E-state index contributed by atoms with van der Waals surface area (Å²) >= 11 is 0. The van der Waals surface area contributed by atoms with Gasteiger partial charge in [0.05, 0.1) is 0 Å². The van der Waals surface area contributed by atoms with Gasteiger partial charge in [-0.2, -0.15) is 0 Å². The second-order valence-electron chi connectivity index (χ2n) is 12.7. The van der Waals surface area contributed by atoms with Crippen LogP contribution in [0.1, 0.15) is 44.5 Å². The normalized spacial score (nSPS) is 10.7.